The molecule has 1 rings (SSSR count). The Hall–Kier alpha value is -2.05. The van der Waals surface area contributed by atoms with Crippen LogP contribution in [0.5, 0.6) is 0 Å². The maximum absolute atomic E-state index is 10.9. The Labute approximate surface area is 71.4 Å². The first-order valence-corrected chi connectivity index (χ1v) is 3.31. The summed E-state index contributed by atoms with van der Waals surface area (Å²) in [6.07, 6.45) is 0.995. The molecular weight excluding hydrogens is 178 g/mol. The zero-order valence-electron chi connectivity index (χ0n) is 6.48. The van der Waals surface area contributed by atoms with E-state index < -0.39 is 23.8 Å². The van der Waals surface area contributed by atoms with Crippen molar-refractivity contribution in [3.63, 3.8) is 0 Å². The average Bonchev–Trinajstić information content (AvgIpc) is 1.99. The zero-order chi connectivity index (χ0) is 10.0. The molecule has 0 fully saturated rings. The number of H-pyrrole nitrogens is 1. The lowest BCUT2D eigenvalue weighted by Crippen LogP contribution is -2.32. The van der Waals surface area contributed by atoms with Gasteiger partial charge < -0.3 is 10.8 Å². The summed E-state index contributed by atoms with van der Waals surface area (Å²) in [4.78, 5) is 33.8. The standard InChI is InChI=1S/C6H7N3O4/c7-3-1-9(2-4(10)11)6(13)8-5(3)12/h1H,2,7H2,(H,10,11)(H,8,12,13). The van der Waals surface area contributed by atoms with Crippen LogP contribution in [-0.2, 0) is 11.3 Å². The number of aliphatic carboxylic acids is 1. The molecule has 1 aromatic rings. The molecule has 0 aromatic carbocycles. The van der Waals surface area contributed by atoms with Crippen molar-refractivity contribution in [1.29, 1.82) is 0 Å². The Morgan fingerprint density at radius 2 is 2.23 bits per heavy atom. The Kier molecular flexibility index (Phi) is 2.18. The number of carboxylic acids is 1. The Bertz CT molecular complexity index is 444. The number of nitrogens with two attached hydrogens (primary N) is 1. The summed E-state index contributed by atoms with van der Waals surface area (Å²) in [6, 6.07) is 0. The van der Waals surface area contributed by atoms with E-state index in [-0.39, 0.29) is 5.69 Å². The fraction of sp³-hybridized carbons (Fsp3) is 0.167. The lowest BCUT2D eigenvalue weighted by atomic mass is 10.5. The fourth-order valence-corrected chi connectivity index (χ4v) is 0.789. The number of carboxylic acid groups (broad SMARTS) is 1. The first-order valence-electron chi connectivity index (χ1n) is 3.31. The van der Waals surface area contributed by atoms with Gasteiger partial charge >= 0.3 is 11.7 Å². The number of hydrogen-bond donors (Lipinski definition) is 3. The number of nitrogen functional groups attached to an aromatic ring is 1. The predicted octanol–water partition coefficient (Wildman–Crippen LogP) is -1.80. The highest BCUT2D eigenvalue weighted by molar-refractivity contribution is 5.66. The van der Waals surface area contributed by atoms with Crippen molar-refractivity contribution >= 4 is 11.7 Å². The van der Waals surface area contributed by atoms with Crippen molar-refractivity contribution in [2.24, 2.45) is 0 Å². The number of nitrogens with zero attached hydrogens (tertiary/aromatic N) is 1. The van der Waals surface area contributed by atoms with Gasteiger partial charge in [0.2, 0.25) is 0 Å². The topological polar surface area (TPSA) is 118 Å². The van der Waals surface area contributed by atoms with E-state index >= 15 is 0 Å². The van der Waals surface area contributed by atoms with Crippen molar-refractivity contribution < 1.29 is 9.90 Å². The number of carbonyl (C=O) groups is 1. The molecule has 0 spiro atoms. The van der Waals surface area contributed by atoms with E-state index in [0.29, 0.717) is 0 Å². The van der Waals surface area contributed by atoms with Crippen molar-refractivity contribution in [2.75, 3.05) is 5.73 Å². The third kappa shape index (κ3) is 1.95. The minimum Gasteiger partial charge on any atom is -0.480 e. The van der Waals surface area contributed by atoms with Gasteiger partial charge in [-0.3, -0.25) is 19.1 Å². The SMILES string of the molecule is Nc1cn(CC(=O)O)c(=O)[nH]c1=O. The zero-order valence-corrected chi connectivity index (χ0v) is 6.48. The molecule has 1 aromatic heterocycles. The second kappa shape index (κ2) is 3.13. The van der Waals surface area contributed by atoms with E-state index in [4.69, 9.17) is 10.8 Å². The summed E-state index contributed by atoms with van der Waals surface area (Å²) in [5.41, 5.74) is 3.47. The molecule has 0 saturated carbocycles. The van der Waals surface area contributed by atoms with E-state index in [1.165, 1.54) is 0 Å². The lowest BCUT2D eigenvalue weighted by molar-refractivity contribution is -0.137. The Balaban J connectivity index is 3.24. The van der Waals surface area contributed by atoms with Crippen molar-refractivity contribution in [2.45, 2.75) is 6.54 Å². The van der Waals surface area contributed by atoms with Crippen LogP contribution in [0.15, 0.2) is 15.8 Å². The normalized spacial score (nSPS) is 9.85. The largest absolute Gasteiger partial charge is 0.480 e. The van der Waals surface area contributed by atoms with Crippen LogP contribution < -0.4 is 17.0 Å². The van der Waals surface area contributed by atoms with Crippen LogP contribution in [0.4, 0.5) is 5.69 Å². The van der Waals surface area contributed by atoms with Gasteiger partial charge in [0.15, 0.2) is 0 Å². The summed E-state index contributed by atoms with van der Waals surface area (Å²) < 4.78 is 0.805. The van der Waals surface area contributed by atoms with Gasteiger partial charge in [0.05, 0.1) is 0 Å². The number of nitrogens with one attached hydrogen (secondary N) is 1. The second-order valence-corrected chi connectivity index (χ2v) is 2.37. The van der Waals surface area contributed by atoms with Crippen LogP contribution in [0.1, 0.15) is 0 Å². The molecule has 0 unspecified atom stereocenters. The molecule has 0 bridgehead atoms. The number of aromatic nitrogens is 2. The summed E-state index contributed by atoms with van der Waals surface area (Å²) in [6.45, 7) is -0.528. The molecule has 7 nitrogen and oxygen atoms in total. The number of hydrogen-bond acceptors (Lipinski definition) is 4. The summed E-state index contributed by atoms with van der Waals surface area (Å²) in [7, 11) is 0. The second-order valence-electron chi connectivity index (χ2n) is 2.37. The van der Waals surface area contributed by atoms with Crippen molar-refractivity contribution in [3.8, 4) is 0 Å². The minimum atomic E-state index is -1.19. The third-order valence-corrected chi connectivity index (χ3v) is 1.34. The van der Waals surface area contributed by atoms with Gasteiger partial charge in [0.25, 0.3) is 5.56 Å². The van der Waals surface area contributed by atoms with Crippen molar-refractivity contribution in [3.05, 3.63) is 27.0 Å². The lowest BCUT2D eigenvalue weighted by Gasteiger charge is -2.00. The molecule has 0 amide bonds. The van der Waals surface area contributed by atoms with Gasteiger partial charge in [-0.1, -0.05) is 0 Å². The molecule has 1 heterocycles. The van der Waals surface area contributed by atoms with E-state index in [2.05, 4.69) is 0 Å². The molecule has 70 valence electrons. The Morgan fingerprint density at radius 3 is 2.77 bits per heavy atom. The highest BCUT2D eigenvalue weighted by atomic mass is 16.4. The molecule has 4 N–H and O–H groups in total. The summed E-state index contributed by atoms with van der Waals surface area (Å²) in [5.74, 6) is -1.19. The molecule has 0 atom stereocenters. The molecule has 0 radical (unpaired) electrons. The van der Waals surface area contributed by atoms with Gasteiger partial charge in [0, 0.05) is 6.20 Å². The predicted molar refractivity (Wildman–Crippen MR) is 43.4 cm³/mol. The molecule has 0 saturated heterocycles. The van der Waals surface area contributed by atoms with Gasteiger partial charge in [-0.05, 0) is 0 Å². The van der Waals surface area contributed by atoms with E-state index in [1.807, 2.05) is 4.98 Å². The molecule has 7 heteroatoms. The van der Waals surface area contributed by atoms with Crippen LogP contribution in [0.25, 0.3) is 0 Å². The van der Waals surface area contributed by atoms with Gasteiger partial charge in [0.1, 0.15) is 12.2 Å². The molecular formula is C6H7N3O4. The van der Waals surface area contributed by atoms with Crippen molar-refractivity contribution in [1.82, 2.24) is 9.55 Å². The first-order chi connectivity index (χ1) is 6.00. The van der Waals surface area contributed by atoms with Crippen LogP contribution in [0.2, 0.25) is 0 Å². The average molecular weight is 185 g/mol. The van der Waals surface area contributed by atoms with Gasteiger partial charge in [-0.2, -0.15) is 0 Å². The van der Waals surface area contributed by atoms with Crippen LogP contribution in [0.3, 0.4) is 0 Å². The first kappa shape index (κ1) is 9.04. The smallest absolute Gasteiger partial charge is 0.328 e. The monoisotopic (exact) mass is 185 g/mol. The maximum atomic E-state index is 10.9. The molecule has 13 heavy (non-hydrogen) atoms. The van der Waals surface area contributed by atoms with Crippen LogP contribution in [0, 0.1) is 0 Å². The van der Waals surface area contributed by atoms with E-state index in [0.717, 1.165) is 10.8 Å². The summed E-state index contributed by atoms with van der Waals surface area (Å²) >= 11 is 0. The number of anilines is 1. The van der Waals surface area contributed by atoms with Crippen LogP contribution >= 0.6 is 0 Å². The minimum absolute atomic E-state index is 0.194. The van der Waals surface area contributed by atoms with Gasteiger partial charge in [-0.25, -0.2) is 4.79 Å². The quantitative estimate of drug-likeness (QED) is 0.502. The van der Waals surface area contributed by atoms with E-state index in [1.54, 1.807) is 0 Å². The Morgan fingerprint density at radius 1 is 1.62 bits per heavy atom. The molecule has 0 aliphatic rings. The highest BCUT2D eigenvalue weighted by Crippen LogP contribution is 1.86. The number of rotatable bonds is 2. The maximum Gasteiger partial charge on any atom is 0.328 e. The van der Waals surface area contributed by atoms with Gasteiger partial charge in [-0.15, -0.1) is 0 Å². The van der Waals surface area contributed by atoms with E-state index in [9.17, 15) is 14.4 Å². The molecule has 0 aliphatic carbocycles. The molecule has 0 aliphatic heterocycles. The number of aromatic amines is 1. The summed E-state index contributed by atoms with van der Waals surface area (Å²) in [5, 5.41) is 8.36. The highest BCUT2D eigenvalue weighted by Gasteiger charge is 2.04. The third-order valence-electron chi connectivity index (χ3n) is 1.34. The van der Waals surface area contributed by atoms with Crippen LogP contribution in [-0.4, -0.2) is 20.6 Å². The fourth-order valence-electron chi connectivity index (χ4n) is 0.789.